The molecule has 80 valence electrons. The Balaban J connectivity index is 2.63. The lowest BCUT2D eigenvalue weighted by Crippen LogP contribution is -1.71. The van der Waals surface area contributed by atoms with Gasteiger partial charge in [0.2, 0.25) is 0 Å². The Morgan fingerprint density at radius 1 is 1.12 bits per heavy atom. The van der Waals surface area contributed by atoms with E-state index in [9.17, 15) is 0 Å². The number of rotatable bonds is 0. The summed E-state index contributed by atoms with van der Waals surface area (Å²) in [5.74, 6) is 0. The minimum Gasteiger partial charge on any atom is -0.455 e. The van der Waals surface area contributed by atoms with Crippen LogP contribution in [0.4, 0.5) is 0 Å². The van der Waals surface area contributed by atoms with Crippen LogP contribution in [0.15, 0.2) is 43.7 Å². The normalized spacial score (nSPS) is 11.4. The molecular formula is C12H5Br2ClO. The highest BCUT2D eigenvalue weighted by Gasteiger charge is 2.12. The van der Waals surface area contributed by atoms with E-state index < -0.39 is 0 Å². The quantitative estimate of drug-likeness (QED) is 0.496. The Morgan fingerprint density at radius 2 is 1.94 bits per heavy atom. The molecule has 0 aliphatic rings. The molecule has 2 aromatic carbocycles. The van der Waals surface area contributed by atoms with Crippen molar-refractivity contribution in [3.05, 3.63) is 44.3 Å². The van der Waals surface area contributed by atoms with Gasteiger partial charge < -0.3 is 4.42 Å². The predicted octanol–water partition coefficient (Wildman–Crippen LogP) is 5.76. The summed E-state index contributed by atoms with van der Waals surface area (Å²) in [5.41, 5.74) is 1.63. The molecule has 0 amide bonds. The van der Waals surface area contributed by atoms with Crippen molar-refractivity contribution in [2.24, 2.45) is 0 Å². The van der Waals surface area contributed by atoms with Crippen LogP contribution in [-0.4, -0.2) is 0 Å². The van der Waals surface area contributed by atoms with Crippen LogP contribution >= 0.6 is 43.5 Å². The first-order valence-electron chi connectivity index (χ1n) is 4.62. The third kappa shape index (κ3) is 1.50. The lowest BCUT2D eigenvalue weighted by Gasteiger charge is -1.95. The van der Waals surface area contributed by atoms with Gasteiger partial charge in [-0.25, -0.2) is 0 Å². The summed E-state index contributed by atoms with van der Waals surface area (Å²) < 4.78 is 7.68. The van der Waals surface area contributed by atoms with E-state index >= 15 is 0 Å². The van der Waals surface area contributed by atoms with Crippen molar-refractivity contribution in [1.82, 2.24) is 0 Å². The van der Waals surface area contributed by atoms with Crippen LogP contribution in [0.3, 0.4) is 0 Å². The van der Waals surface area contributed by atoms with Gasteiger partial charge in [-0.1, -0.05) is 33.6 Å². The monoisotopic (exact) mass is 358 g/mol. The molecule has 0 aliphatic carbocycles. The molecule has 0 saturated carbocycles. The average Bonchev–Trinajstić information content (AvgIpc) is 2.58. The van der Waals surface area contributed by atoms with Crippen molar-refractivity contribution in [2.75, 3.05) is 0 Å². The largest absolute Gasteiger partial charge is 0.455 e. The maximum Gasteiger partial charge on any atom is 0.149 e. The van der Waals surface area contributed by atoms with Gasteiger partial charge in [0.15, 0.2) is 0 Å². The summed E-state index contributed by atoms with van der Waals surface area (Å²) in [6.45, 7) is 0. The lowest BCUT2D eigenvalue weighted by molar-refractivity contribution is 0.667. The Labute approximate surface area is 114 Å². The topological polar surface area (TPSA) is 13.1 Å². The number of halogens is 3. The molecular weight excluding hydrogens is 355 g/mol. The van der Waals surface area contributed by atoms with Gasteiger partial charge in [0, 0.05) is 15.2 Å². The molecule has 16 heavy (non-hydrogen) atoms. The molecule has 0 saturated heterocycles. The molecule has 0 aliphatic heterocycles. The summed E-state index contributed by atoms with van der Waals surface area (Å²) in [4.78, 5) is 0. The van der Waals surface area contributed by atoms with E-state index in [1.165, 1.54) is 0 Å². The maximum absolute atomic E-state index is 6.19. The van der Waals surface area contributed by atoms with Crippen LogP contribution < -0.4 is 0 Å². The Kier molecular flexibility index (Phi) is 2.50. The Hall–Kier alpha value is -0.510. The summed E-state index contributed by atoms with van der Waals surface area (Å²) in [6.07, 6.45) is 0. The standard InChI is InChI=1S/C12H5Br2ClO/c13-6-4-7-11-9(15)2-1-3-10(11)16-12(7)8(14)5-6/h1-5H. The fourth-order valence-electron chi connectivity index (χ4n) is 1.81. The zero-order chi connectivity index (χ0) is 11.3. The van der Waals surface area contributed by atoms with Crippen LogP contribution in [0.1, 0.15) is 0 Å². The summed E-state index contributed by atoms with van der Waals surface area (Å²) in [7, 11) is 0. The fourth-order valence-corrected chi connectivity index (χ4v) is 3.38. The molecule has 1 heterocycles. The predicted molar refractivity (Wildman–Crippen MR) is 74.1 cm³/mol. The molecule has 1 aromatic heterocycles. The van der Waals surface area contributed by atoms with Crippen molar-refractivity contribution in [3.8, 4) is 0 Å². The summed E-state index contributed by atoms with van der Waals surface area (Å²) in [5, 5.41) is 2.68. The number of furan rings is 1. The van der Waals surface area contributed by atoms with E-state index in [1.807, 2.05) is 30.3 Å². The van der Waals surface area contributed by atoms with Crippen LogP contribution in [0.2, 0.25) is 5.02 Å². The van der Waals surface area contributed by atoms with Gasteiger partial charge in [-0.3, -0.25) is 0 Å². The van der Waals surface area contributed by atoms with Gasteiger partial charge >= 0.3 is 0 Å². The highest BCUT2D eigenvalue weighted by molar-refractivity contribution is 9.11. The zero-order valence-electron chi connectivity index (χ0n) is 7.93. The minimum absolute atomic E-state index is 0.709. The minimum atomic E-state index is 0.709. The van der Waals surface area contributed by atoms with Gasteiger partial charge in [-0.05, 0) is 40.2 Å². The number of hydrogen-bond acceptors (Lipinski definition) is 1. The second kappa shape index (κ2) is 3.76. The second-order valence-electron chi connectivity index (χ2n) is 3.48. The molecule has 3 aromatic rings. The van der Waals surface area contributed by atoms with Gasteiger partial charge in [-0.15, -0.1) is 0 Å². The fraction of sp³-hybridized carbons (Fsp3) is 0. The third-order valence-corrected chi connectivity index (χ3v) is 3.83. The van der Waals surface area contributed by atoms with Crippen LogP contribution in [0.25, 0.3) is 21.9 Å². The summed E-state index contributed by atoms with van der Waals surface area (Å²) >= 11 is 13.1. The molecule has 3 rings (SSSR count). The van der Waals surface area contributed by atoms with Crippen LogP contribution in [0, 0.1) is 0 Å². The van der Waals surface area contributed by atoms with Gasteiger partial charge in [0.1, 0.15) is 11.2 Å². The molecule has 0 unspecified atom stereocenters. The van der Waals surface area contributed by atoms with Gasteiger partial charge in [0.25, 0.3) is 0 Å². The van der Waals surface area contributed by atoms with Gasteiger partial charge in [0.05, 0.1) is 9.50 Å². The van der Waals surface area contributed by atoms with Crippen molar-refractivity contribution in [3.63, 3.8) is 0 Å². The SMILES string of the molecule is Clc1cccc2oc3c(Br)cc(Br)cc3c12. The first kappa shape index (κ1) is 10.6. The summed E-state index contributed by atoms with van der Waals surface area (Å²) in [6, 6.07) is 9.64. The first-order valence-corrected chi connectivity index (χ1v) is 6.59. The van der Waals surface area contributed by atoms with E-state index in [-0.39, 0.29) is 0 Å². The number of hydrogen-bond donors (Lipinski definition) is 0. The molecule has 0 radical (unpaired) electrons. The van der Waals surface area contributed by atoms with Crippen molar-refractivity contribution in [2.45, 2.75) is 0 Å². The van der Waals surface area contributed by atoms with E-state index in [1.54, 1.807) is 0 Å². The van der Waals surface area contributed by atoms with Gasteiger partial charge in [-0.2, -0.15) is 0 Å². The molecule has 4 heteroatoms. The van der Waals surface area contributed by atoms with Crippen LogP contribution in [-0.2, 0) is 0 Å². The third-order valence-electron chi connectivity index (χ3n) is 2.47. The number of fused-ring (bicyclic) bond motifs is 3. The molecule has 0 bridgehead atoms. The number of benzene rings is 2. The molecule has 0 N–H and O–H groups in total. The smallest absolute Gasteiger partial charge is 0.149 e. The molecule has 0 fully saturated rings. The lowest BCUT2D eigenvalue weighted by atomic mass is 10.1. The molecule has 0 spiro atoms. The van der Waals surface area contributed by atoms with Crippen molar-refractivity contribution in [1.29, 1.82) is 0 Å². The first-order chi connectivity index (χ1) is 7.66. The van der Waals surface area contributed by atoms with Crippen molar-refractivity contribution < 1.29 is 4.42 Å². The highest BCUT2D eigenvalue weighted by Crippen LogP contribution is 2.38. The zero-order valence-corrected chi connectivity index (χ0v) is 11.9. The van der Waals surface area contributed by atoms with Crippen LogP contribution in [0.5, 0.6) is 0 Å². The Bertz CT molecular complexity index is 703. The molecule has 1 nitrogen and oxygen atoms in total. The molecule has 0 atom stereocenters. The average molecular weight is 360 g/mol. The van der Waals surface area contributed by atoms with E-state index in [0.717, 1.165) is 30.9 Å². The highest BCUT2D eigenvalue weighted by atomic mass is 79.9. The second-order valence-corrected chi connectivity index (χ2v) is 5.66. The van der Waals surface area contributed by atoms with E-state index in [0.29, 0.717) is 5.02 Å². The van der Waals surface area contributed by atoms with E-state index in [4.69, 9.17) is 16.0 Å². The van der Waals surface area contributed by atoms with Crippen molar-refractivity contribution >= 4 is 65.4 Å². The Morgan fingerprint density at radius 3 is 2.75 bits per heavy atom. The van der Waals surface area contributed by atoms with E-state index in [2.05, 4.69) is 31.9 Å². The maximum atomic E-state index is 6.19.